The van der Waals surface area contributed by atoms with Gasteiger partial charge in [-0.25, -0.2) is 9.37 Å². The van der Waals surface area contributed by atoms with Gasteiger partial charge < -0.3 is 14.2 Å². The molecule has 0 aliphatic carbocycles. The molecule has 1 unspecified atom stereocenters. The highest BCUT2D eigenvalue weighted by molar-refractivity contribution is 6.15. The molecule has 0 N–H and O–H groups in total. The normalized spacial score (nSPS) is 21.3. The molecule has 0 bridgehead atoms. The molecule has 2 aliphatic heterocycles. The van der Waals surface area contributed by atoms with Crippen molar-refractivity contribution >= 4 is 17.8 Å². The molecule has 1 amide bonds. The summed E-state index contributed by atoms with van der Waals surface area (Å²) in [6.07, 6.45) is 7.51. The third-order valence-electron chi connectivity index (χ3n) is 6.48. The van der Waals surface area contributed by atoms with E-state index in [0.717, 1.165) is 53.2 Å². The van der Waals surface area contributed by atoms with Crippen LogP contribution >= 0.6 is 0 Å². The van der Waals surface area contributed by atoms with E-state index in [9.17, 15) is 9.18 Å². The predicted molar refractivity (Wildman–Crippen MR) is 125 cm³/mol. The van der Waals surface area contributed by atoms with Crippen molar-refractivity contribution in [2.75, 3.05) is 13.7 Å². The molecule has 1 fully saturated rings. The number of carbonyl (C=O) groups excluding carboxylic acids is 1. The number of aromatic nitrogens is 2. The van der Waals surface area contributed by atoms with Gasteiger partial charge in [-0.05, 0) is 73.7 Å². The number of methoxy groups -OCH3 is 1. The number of aliphatic imine (C=N–C) groups is 1. The van der Waals surface area contributed by atoms with Crippen LogP contribution in [0.3, 0.4) is 0 Å². The van der Waals surface area contributed by atoms with Crippen molar-refractivity contribution in [1.29, 1.82) is 0 Å². The van der Waals surface area contributed by atoms with Crippen LogP contribution in [0.5, 0.6) is 5.75 Å². The molecule has 0 spiro atoms. The van der Waals surface area contributed by atoms with Gasteiger partial charge in [0, 0.05) is 12.7 Å². The fourth-order valence-electron chi connectivity index (χ4n) is 4.65. The Morgan fingerprint density at radius 3 is 2.67 bits per heavy atom. The van der Waals surface area contributed by atoms with Gasteiger partial charge in [0.15, 0.2) is 0 Å². The van der Waals surface area contributed by atoms with Crippen LogP contribution in [-0.2, 0) is 10.3 Å². The van der Waals surface area contributed by atoms with E-state index in [1.54, 1.807) is 25.6 Å². The lowest BCUT2D eigenvalue weighted by molar-refractivity contribution is -0.125. The summed E-state index contributed by atoms with van der Waals surface area (Å²) in [5.74, 6) is 0.887. The number of nitrogens with zero attached hydrogens (tertiary/aromatic N) is 4. The fraction of sp³-hybridized carbons (Fsp3) is 0.269. The van der Waals surface area contributed by atoms with Crippen molar-refractivity contribution in [1.82, 2.24) is 14.5 Å². The van der Waals surface area contributed by atoms with Gasteiger partial charge in [0.1, 0.15) is 22.9 Å². The highest BCUT2D eigenvalue weighted by atomic mass is 19.1. The standard InChI is InChI=1S/C26H25FN4O2/c1-17-15-30(16-28-17)22-11-6-18(14-23(22)33-3)13-19-5-4-12-31-24(19)29-25(32)26(31,2)20-7-9-21(27)10-8-20/h6-11,13-16H,4-5,12H2,1-3H3. The van der Waals surface area contributed by atoms with Crippen molar-refractivity contribution in [3.05, 3.63) is 83.2 Å². The molecule has 3 heterocycles. The summed E-state index contributed by atoms with van der Waals surface area (Å²) in [6.45, 7) is 4.53. The molecule has 33 heavy (non-hydrogen) atoms. The number of hydrogen-bond donors (Lipinski definition) is 0. The quantitative estimate of drug-likeness (QED) is 0.587. The number of aryl methyl sites for hydroxylation is 1. The third kappa shape index (κ3) is 3.53. The summed E-state index contributed by atoms with van der Waals surface area (Å²) in [7, 11) is 1.65. The van der Waals surface area contributed by atoms with Crippen molar-refractivity contribution in [2.45, 2.75) is 32.2 Å². The van der Waals surface area contributed by atoms with E-state index < -0.39 is 5.54 Å². The van der Waals surface area contributed by atoms with E-state index in [-0.39, 0.29) is 11.7 Å². The summed E-state index contributed by atoms with van der Waals surface area (Å²) in [6, 6.07) is 12.1. The summed E-state index contributed by atoms with van der Waals surface area (Å²) in [4.78, 5) is 23.9. The number of hydrogen-bond acceptors (Lipinski definition) is 4. The molecule has 0 radical (unpaired) electrons. The number of fused-ring (bicyclic) bond motifs is 1. The lowest BCUT2D eigenvalue weighted by atomic mass is 9.88. The lowest BCUT2D eigenvalue weighted by Gasteiger charge is -2.39. The summed E-state index contributed by atoms with van der Waals surface area (Å²) in [5.41, 5.74) is 3.63. The van der Waals surface area contributed by atoms with Crippen LogP contribution in [-0.4, -0.2) is 39.8 Å². The second-order valence-electron chi connectivity index (χ2n) is 8.60. The van der Waals surface area contributed by atoms with E-state index in [1.807, 2.05) is 42.8 Å². The van der Waals surface area contributed by atoms with Gasteiger partial charge in [-0.2, -0.15) is 4.99 Å². The minimum absolute atomic E-state index is 0.222. The van der Waals surface area contributed by atoms with Crippen LogP contribution in [0, 0.1) is 12.7 Å². The van der Waals surface area contributed by atoms with Gasteiger partial charge in [0.05, 0.1) is 24.8 Å². The number of piperidine rings is 1. The maximum absolute atomic E-state index is 13.5. The summed E-state index contributed by atoms with van der Waals surface area (Å²) >= 11 is 0. The van der Waals surface area contributed by atoms with Crippen LogP contribution in [0.25, 0.3) is 11.8 Å². The zero-order valence-corrected chi connectivity index (χ0v) is 18.9. The van der Waals surface area contributed by atoms with E-state index in [0.29, 0.717) is 5.84 Å². The monoisotopic (exact) mass is 444 g/mol. The van der Waals surface area contributed by atoms with Crippen molar-refractivity contribution in [2.24, 2.45) is 4.99 Å². The Morgan fingerprint density at radius 2 is 1.97 bits per heavy atom. The van der Waals surface area contributed by atoms with Crippen molar-refractivity contribution in [3.8, 4) is 11.4 Å². The number of imidazole rings is 1. The second-order valence-corrected chi connectivity index (χ2v) is 8.60. The summed E-state index contributed by atoms with van der Waals surface area (Å²) in [5, 5.41) is 0. The Kier molecular flexibility index (Phi) is 5.12. The Morgan fingerprint density at radius 1 is 1.18 bits per heavy atom. The molecule has 1 saturated heterocycles. The van der Waals surface area contributed by atoms with Crippen LogP contribution in [0.2, 0.25) is 0 Å². The van der Waals surface area contributed by atoms with Gasteiger partial charge in [0.25, 0.3) is 5.91 Å². The van der Waals surface area contributed by atoms with Gasteiger partial charge in [-0.15, -0.1) is 0 Å². The Labute approximate surface area is 192 Å². The Hall–Kier alpha value is -3.74. The largest absolute Gasteiger partial charge is 0.495 e. The molecule has 2 aromatic carbocycles. The molecule has 1 aromatic heterocycles. The summed E-state index contributed by atoms with van der Waals surface area (Å²) < 4.78 is 21.1. The van der Waals surface area contributed by atoms with Gasteiger partial charge >= 0.3 is 0 Å². The number of halogens is 1. The first-order valence-corrected chi connectivity index (χ1v) is 11.0. The molecule has 168 valence electrons. The number of carbonyl (C=O) groups is 1. The SMILES string of the molecule is COc1cc(C=C2CCCN3C2=NC(=O)C3(C)c2ccc(F)cc2)ccc1-n1cnc(C)c1. The highest BCUT2D eigenvalue weighted by Gasteiger charge is 2.49. The molecule has 5 rings (SSSR count). The highest BCUT2D eigenvalue weighted by Crippen LogP contribution is 2.40. The smallest absolute Gasteiger partial charge is 0.277 e. The average Bonchev–Trinajstić information content (AvgIpc) is 3.36. The molecule has 3 aromatic rings. The van der Waals surface area contributed by atoms with Crippen molar-refractivity contribution in [3.63, 3.8) is 0 Å². The van der Waals surface area contributed by atoms with Crippen LogP contribution in [0.1, 0.15) is 36.6 Å². The molecule has 7 heteroatoms. The second kappa shape index (κ2) is 7.99. The number of rotatable bonds is 4. The number of benzene rings is 2. The van der Waals surface area contributed by atoms with Crippen LogP contribution in [0.15, 0.2) is 65.6 Å². The van der Waals surface area contributed by atoms with Crippen molar-refractivity contribution < 1.29 is 13.9 Å². The zero-order chi connectivity index (χ0) is 23.2. The lowest BCUT2D eigenvalue weighted by Crippen LogP contribution is -2.49. The van der Waals surface area contributed by atoms with E-state index in [4.69, 9.17) is 4.74 Å². The number of amidine groups is 1. The fourth-order valence-corrected chi connectivity index (χ4v) is 4.65. The predicted octanol–water partition coefficient (Wildman–Crippen LogP) is 4.66. The third-order valence-corrected chi connectivity index (χ3v) is 6.48. The molecule has 6 nitrogen and oxygen atoms in total. The molecule has 0 saturated carbocycles. The molecule has 2 aliphatic rings. The number of amides is 1. The van der Waals surface area contributed by atoms with Gasteiger partial charge in [0.2, 0.25) is 0 Å². The maximum Gasteiger partial charge on any atom is 0.277 e. The van der Waals surface area contributed by atoms with Gasteiger partial charge in [-0.3, -0.25) is 4.79 Å². The van der Waals surface area contributed by atoms with E-state index >= 15 is 0 Å². The zero-order valence-electron chi connectivity index (χ0n) is 18.9. The first-order chi connectivity index (χ1) is 15.9. The van der Waals surface area contributed by atoms with E-state index in [1.165, 1.54) is 12.1 Å². The number of ether oxygens (including phenoxy) is 1. The van der Waals surface area contributed by atoms with E-state index in [2.05, 4.69) is 21.0 Å². The minimum atomic E-state index is -0.927. The Balaban J connectivity index is 1.49. The van der Waals surface area contributed by atoms with Crippen LogP contribution in [0.4, 0.5) is 4.39 Å². The molecule has 1 atom stereocenters. The minimum Gasteiger partial charge on any atom is -0.495 e. The first kappa shape index (κ1) is 21.1. The maximum atomic E-state index is 13.5. The topological polar surface area (TPSA) is 59.7 Å². The first-order valence-electron chi connectivity index (χ1n) is 11.0. The molecular formula is C26H25FN4O2. The average molecular weight is 445 g/mol. The Bertz CT molecular complexity index is 1290. The molecular weight excluding hydrogens is 419 g/mol. The van der Waals surface area contributed by atoms with Crippen LogP contribution < -0.4 is 4.74 Å². The van der Waals surface area contributed by atoms with Gasteiger partial charge in [-0.1, -0.05) is 18.2 Å².